The van der Waals surface area contributed by atoms with Crippen LogP contribution >= 0.6 is 27.5 Å². The number of hydrogen-bond acceptors (Lipinski definition) is 6. The monoisotopic (exact) mass is 552 g/mol. The molecule has 5 rings (SSSR count). The molecule has 35 heavy (non-hydrogen) atoms. The molecular weight excluding hydrogens is 536 g/mol. The van der Waals surface area contributed by atoms with Crippen LogP contribution in [0.1, 0.15) is 40.0 Å². The lowest BCUT2D eigenvalue weighted by molar-refractivity contribution is -0.140. The normalized spacial score (nSPS) is 14.6. The number of Topliss-reactive ketones (excluding diaryl/α,β-unsaturated/α-hetero) is 2. The van der Waals surface area contributed by atoms with E-state index in [0.717, 1.165) is 15.6 Å². The van der Waals surface area contributed by atoms with Crippen molar-refractivity contribution in [3.05, 3.63) is 90.8 Å². The largest absolute Gasteiger partial charge is 0.341 e. The quantitative estimate of drug-likeness (QED) is 0.418. The van der Waals surface area contributed by atoms with Gasteiger partial charge in [0.2, 0.25) is 0 Å². The van der Waals surface area contributed by atoms with E-state index in [9.17, 15) is 19.2 Å². The molecule has 0 atom stereocenters. The molecule has 1 aromatic heterocycles. The molecule has 0 radical (unpaired) electrons. The number of hydrogen-bond donors (Lipinski definition) is 0. The number of pyridine rings is 1. The van der Waals surface area contributed by atoms with Crippen LogP contribution in [0.5, 0.6) is 0 Å². The third-order valence-corrected chi connectivity index (χ3v) is 7.02. The van der Waals surface area contributed by atoms with Crippen molar-refractivity contribution in [3.8, 4) is 11.1 Å². The van der Waals surface area contributed by atoms with Crippen molar-refractivity contribution in [3.63, 3.8) is 0 Å². The van der Waals surface area contributed by atoms with E-state index in [-0.39, 0.29) is 42.9 Å². The Bertz CT molecular complexity index is 1490. The minimum atomic E-state index is -0.399. The van der Waals surface area contributed by atoms with Gasteiger partial charge in [0.1, 0.15) is 0 Å². The highest BCUT2D eigenvalue weighted by atomic mass is 79.9. The summed E-state index contributed by atoms with van der Waals surface area (Å²) >= 11 is 9.64. The summed E-state index contributed by atoms with van der Waals surface area (Å²) in [4.78, 5) is 54.6. The Morgan fingerprint density at radius 3 is 2.51 bits per heavy atom. The smallest absolute Gasteiger partial charge is 0.318 e. The lowest BCUT2D eigenvalue weighted by Gasteiger charge is -2.15. The van der Waals surface area contributed by atoms with Gasteiger partial charge in [-0.3, -0.25) is 14.4 Å². The first-order valence-electron chi connectivity index (χ1n) is 10.9. The van der Waals surface area contributed by atoms with Gasteiger partial charge in [0.25, 0.3) is 5.56 Å². The minimum Gasteiger partial charge on any atom is -0.318 e. The number of fused-ring (bicyclic) bond motifs is 1. The fourth-order valence-corrected chi connectivity index (χ4v) is 5.08. The van der Waals surface area contributed by atoms with E-state index in [2.05, 4.69) is 25.9 Å². The van der Waals surface area contributed by atoms with Gasteiger partial charge in [0.05, 0.1) is 18.7 Å². The molecule has 3 aromatic rings. The van der Waals surface area contributed by atoms with Gasteiger partial charge in [0, 0.05) is 45.2 Å². The highest BCUT2D eigenvalue weighted by molar-refractivity contribution is 9.10. The summed E-state index contributed by atoms with van der Waals surface area (Å²) in [6, 6.07) is 13.8. The maximum Gasteiger partial charge on any atom is 0.341 e. The van der Waals surface area contributed by atoms with Crippen LogP contribution in [-0.2, 0) is 33.8 Å². The maximum absolute atomic E-state index is 13.1. The van der Waals surface area contributed by atoms with E-state index in [0.29, 0.717) is 39.5 Å². The van der Waals surface area contributed by atoms with Gasteiger partial charge < -0.3 is 9.40 Å². The molecule has 9 heteroatoms. The molecule has 2 heterocycles. The fourth-order valence-electron chi connectivity index (χ4n) is 4.45. The van der Waals surface area contributed by atoms with Crippen molar-refractivity contribution in [2.45, 2.75) is 32.2 Å². The van der Waals surface area contributed by atoms with Crippen LogP contribution < -0.4 is 5.56 Å². The topological polar surface area (TPSA) is 94.8 Å². The van der Waals surface area contributed by atoms with Crippen LogP contribution in [0.3, 0.4) is 0 Å². The van der Waals surface area contributed by atoms with Gasteiger partial charge in [0.15, 0.2) is 11.6 Å². The number of benzene rings is 2. The van der Waals surface area contributed by atoms with E-state index < -0.39 is 5.97 Å². The molecule has 0 unspecified atom stereocenters. The second kappa shape index (κ2) is 9.36. The summed E-state index contributed by atoms with van der Waals surface area (Å²) in [6.45, 7) is -0.123. The van der Waals surface area contributed by atoms with Crippen molar-refractivity contribution >= 4 is 50.8 Å². The number of halogens is 2. The zero-order valence-corrected chi connectivity index (χ0v) is 20.7. The third-order valence-electron chi connectivity index (χ3n) is 6.10. The van der Waals surface area contributed by atoms with Gasteiger partial charge in [-0.05, 0) is 41.3 Å². The second-order valence-electron chi connectivity index (χ2n) is 8.44. The van der Waals surface area contributed by atoms with E-state index in [1.165, 1.54) is 10.6 Å². The van der Waals surface area contributed by atoms with Crippen LogP contribution in [0.4, 0.5) is 0 Å². The first-order chi connectivity index (χ1) is 16.8. The Morgan fingerprint density at radius 1 is 1.03 bits per heavy atom. The molecule has 1 aliphatic carbocycles. The summed E-state index contributed by atoms with van der Waals surface area (Å²) in [7, 11) is 0. The summed E-state index contributed by atoms with van der Waals surface area (Å²) in [5.41, 5.74) is 3.97. The molecule has 0 N–H and O–H groups in total. The van der Waals surface area contributed by atoms with Crippen molar-refractivity contribution < 1.29 is 19.2 Å². The maximum atomic E-state index is 13.1. The van der Waals surface area contributed by atoms with Crippen molar-refractivity contribution in [2.24, 2.45) is 5.16 Å². The van der Waals surface area contributed by atoms with Crippen molar-refractivity contribution in [1.82, 2.24) is 4.57 Å². The summed E-state index contributed by atoms with van der Waals surface area (Å²) in [5.74, 6) is -0.616. The molecule has 0 amide bonds. The Kier molecular flexibility index (Phi) is 6.25. The Morgan fingerprint density at radius 2 is 1.80 bits per heavy atom. The van der Waals surface area contributed by atoms with Gasteiger partial charge in [-0.2, -0.15) is 0 Å². The average molecular weight is 554 g/mol. The SMILES string of the molecule is O=C(Cc1ccc(C2=NOC(=O)C2)cc1)Cn1c2c(c(-c3cc(Cl)ccc3Br)cc1=O)C(=O)CC2. The number of nitrogens with zero attached hydrogens (tertiary/aromatic N) is 2. The number of oxime groups is 1. The molecule has 7 nitrogen and oxygen atoms in total. The second-order valence-corrected chi connectivity index (χ2v) is 9.73. The van der Waals surface area contributed by atoms with Crippen LogP contribution in [0, 0.1) is 0 Å². The molecule has 0 saturated heterocycles. The lowest BCUT2D eigenvalue weighted by Crippen LogP contribution is -2.28. The molecule has 2 aliphatic rings. The van der Waals surface area contributed by atoms with Gasteiger partial charge in [-0.25, -0.2) is 4.79 Å². The van der Waals surface area contributed by atoms with Crippen molar-refractivity contribution in [2.75, 3.05) is 0 Å². The Hall–Kier alpha value is -3.36. The minimum absolute atomic E-state index is 0.0593. The lowest BCUT2D eigenvalue weighted by atomic mass is 9.98. The zero-order chi connectivity index (χ0) is 24.7. The number of rotatable bonds is 6. The highest BCUT2D eigenvalue weighted by Gasteiger charge is 2.29. The first kappa shape index (κ1) is 23.4. The molecule has 1 aliphatic heterocycles. The molecule has 2 aromatic carbocycles. The number of carbonyl (C=O) groups is 3. The summed E-state index contributed by atoms with van der Waals surface area (Å²) < 4.78 is 2.13. The summed E-state index contributed by atoms with van der Waals surface area (Å²) in [6.07, 6.45) is 0.932. The fraction of sp³-hybridized carbons (Fsp3) is 0.192. The number of ketones is 2. The Labute approximate surface area is 213 Å². The predicted octanol–water partition coefficient (Wildman–Crippen LogP) is 4.52. The van der Waals surface area contributed by atoms with Gasteiger partial charge in [-0.1, -0.05) is 57.0 Å². The van der Waals surface area contributed by atoms with E-state index in [1.807, 2.05) is 0 Å². The van der Waals surface area contributed by atoms with Crippen LogP contribution in [0.15, 0.2) is 63.0 Å². The molecule has 176 valence electrons. The van der Waals surface area contributed by atoms with E-state index >= 15 is 0 Å². The average Bonchev–Trinajstić information content (AvgIpc) is 3.43. The van der Waals surface area contributed by atoms with Crippen LogP contribution in [-0.4, -0.2) is 27.8 Å². The number of carbonyl (C=O) groups excluding carboxylic acids is 3. The Balaban J connectivity index is 1.40. The van der Waals surface area contributed by atoms with E-state index in [4.69, 9.17) is 11.6 Å². The summed E-state index contributed by atoms with van der Waals surface area (Å²) in [5, 5.41) is 4.24. The van der Waals surface area contributed by atoms with E-state index in [1.54, 1.807) is 42.5 Å². The van der Waals surface area contributed by atoms with Gasteiger partial charge in [-0.15, -0.1) is 0 Å². The van der Waals surface area contributed by atoms with Crippen molar-refractivity contribution in [1.29, 1.82) is 0 Å². The molecule has 0 spiro atoms. The molecule has 0 bridgehead atoms. The predicted molar refractivity (Wildman–Crippen MR) is 134 cm³/mol. The highest BCUT2D eigenvalue weighted by Crippen LogP contribution is 2.36. The first-order valence-corrected chi connectivity index (χ1v) is 12.1. The van der Waals surface area contributed by atoms with Crippen LogP contribution in [0.2, 0.25) is 5.02 Å². The molecule has 0 saturated carbocycles. The zero-order valence-electron chi connectivity index (χ0n) is 18.3. The van der Waals surface area contributed by atoms with Gasteiger partial charge >= 0.3 is 5.97 Å². The number of aromatic nitrogens is 1. The van der Waals surface area contributed by atoms with Crippen LogP contribution in [0.25, 0.3) is 11.1 Å². The molecule has 0 fully saturated rings. The standard InChI is InChI=1S/C26H18BrClN2O5/c27-20-6-5-16(28)10-18(20)19-11-24(33)30(22-7-8-23(32)26(19)22)13-17(31)9-14-1-3-15(4-2-14)21-12-25(34)35-29-21/h1-6,10-11H,7-9,12-13H2. The third kappa shape index (κ3) is 4.63. The molecular formula is C26H18BrClN2O5.